The summed E-state index contributed by atoms with van der Waals surface area (Å²) in [4.78, 5) is 15.9. The number of aliphatic carboxylic acids is 1. The lowest BCUT2D eigenvalue weighted by Crippen LogP contribution is -2.08. The van der Waals surface area contributed by atoms with Crippen LogP contribution in [0.25, 0.3) is 10.9 Å². The average Bonchev–Trinajstić information content (AvgIpc) is 3.29. The van der Waals surface area contributed by atoms with Crippen LogP contribution in [0.3, 0.4) is 0 Å². The molecule has 2 aromatic heterocycles. The van der Waals surface area contributed by atoms with Crippen LogP contribution in [-0.2, 0) is 24.2 Å². The fourth-order valence-electron chi connectivity index (χ4n) is 3.98. The first-order valence-corrected chi connectivity index (χ1v) is 12.0. The number of hydrogen-bond acceptors (Lipinski definition) is 6. The lowest BCUT2D eigenvalue weighted by atomic mass is 10.1. The molecule has 4 rings (SSSR count). The van der Waals surface area contributed by atoms with Crippen molar-refractivity contribution in [2.75, 3.05) is 13.7 Å². The third-order valence-electron chi connectivity index (χ3n) is 5.71. The molecular weight excluding hydrogens is 458 g/mol. The molecule has 0 bridgehead atoms. The van der Waals surface area contributed by atoms with Crippen molar-refractivity contribution in [1.82, 2.24) is 14.8 Å². The molecule has 8 nitrogen and oxygen atoms in total. The number of hydrogen-bond donors (Lipinski definition) is 1. The molecule has 2 aromatic carbocycles. The van der Waals surface area contributed by atoms with E-state index in [-0.39, 0.29) is 12.5 Å². The van der Waals surface area contributed by atoms with E-state index < -0.39 is 5.97 Å². The smallest absolute Gasteiger partial charge is 0.307 e. The Kier molecular flexibility index (Phi) is 8.05. The van der Waals surface area contributed by atoms with Crippen LogP contribution in [0.1, 0.15) is 43.3 Å². The van der Waals surface area contributed by atoms with Gasteiger partial charge in [0.05, 0.1) is 43.1 Å². The van der Waals surface area contributed by atoms with E-state index in [0.29, 0.717) is 49.0 Å². The molecular formula is C28H31N3O5. The Morgan fingerprint density at radius 2 is 1.86 bits per heavy atom. The molecule has 0 spiro atoms. The van der Waals surface area contributed by atoms with E-state index in [1.807, 2.05) is 41.1 Å². The summed E-state index contributed by atoms with van der Waals surface area (Å²) in [6.45, 7) is 4.88. The van der Waals surface area contributed by atoms with E-state index in [0.717, 1.165) is 22.3 Å². The van der Waals surface area contributed by atoms with Crippen molar-refractivity contribution in [3.05, 3.63) is 77.6 Å². The molecule has 0 saturated carbocycles. The summed E-state index contributed by atoms with van der Waals surface area (Å²) in [5.41, 5.74) is 3.29. The number of aryl methyl sites for hydroxylation is 1. The van der Waals surface area contributed by atoms with Gasteiger partial charge < -0.3 is 19.3 Å². The van der Waals surface area contributed by atoms with Crippen molar-refractivity contribution >= 4 is 16.9 Å². The monoisotopic (exact) mass is 489 g/mol. The van der Waals surface area contributed by atoms with Crippen molar-refractivity contribution in [2.24, 2.45) is 0 Å². The molecule has 1 N–H and O–H groups in total. The minimum atomic E-state index is -0.918. The number of ether oxygens (including phenoxy) is 3. The minimum absolute atomic E-state index is 0.127. The van der Waals surface area contributed by atoms with Gasteiger partial charge in [-0.1, -0.05) is 36.4 Å². The minimum Gasteiger partial charge on any atom is -0.493 e. The van der Waals surface area contributed by atoms with Crippen LogP contribution in [0.4, 0.5) is 0 Å². The van der Waals surface area contributed by atoms with Gasteiger partial charge >= 0.3 is 5.97 Å². The van der Waals surface area contributed by atoms with E-state index in [9.17, 15) is 9.90 Å². The Bertz CT molecular complexity index is 1330. The molecule has 0 radical (unpaired) electrons. The highest BCUT2D eigenvalue weighted by Crippen LogP contribution is 2.32. The molecule has 0 saturated heterocycles. The highest BCUT2D eigenvalue weighted by molar-refractivity contribution is 5.78. The Hall–Kier alpha value is -4.07. The molecule has 0 aliphatic rings. The van der Waals surface area contributed by atoms with Gasteiger partial charge in [0.1, 0.15) is 6.61 Å². The summed E-state index contributed by atoms with van der Waals surface area (Å²) in [6, 6.07) is 19.4. The molecule has 4 aromatic rings. The molecule has 0 amide bonds. The quantitative estimate of drug-likeness (QED) is 0.272. The zero-order valence-corrected chi connectivity index (χ0v) is 20.8. The number of carboxylic acid groups (broad SMARTS) is 1. The number of fused-ring (bicyclic) bond motifs is 1. The molecule has 36 heavy (non-hydrogen) atoms. The molecule has 8 heteroatoms. The highest BCUT2D eigenvalue weighted by atomic mass is 16.5. The Morgan fingerprint density at radius 3 is 2.64 bits per heavy atom. The zero-order chi connectivity index (χ0) is 25.5. The van der Waals surface area contributed by atoms with Crippen LogP contribution >= 0.6 is 0 Å². The highest BCUT2D eigenvalue weighted by Gasteiger charge is 2.15. The van der Waals surface area contributed by atoms with Gasteiger partial charge in [0, 0.05) is 17.0 Å². The number of carboxylic acids is 1. The maximum absolute atomic E-state index is 11.2. The largest absolute Gasteiger partial charge is 0.493 e. The standard InChI is InChI=1S/C28H31N3O5/c1-19(2)31-26(36-18-23-14-13-20-8-4-5-11-24(20)29-23)17-22(30-31)10-7-15-35-28-21(16-27(32)33)9-6-12-25(28)34-3/h4-6,8-9,11-14,17,19H,7,10,15-16,18H2,1-3H3,(H,32,33). The average molecular weight is 490 g/mol. The number of methoxy groups -OCH3 is 1. The second-order valence-corrected chi connectivity index (χ2v) is 8.77. The van der Waals surface area contributed by atoms with Crippen LogP contribution in [-0.4, -0.2) is 39.6 Å². The predicted molar refractivity (Wildman–Crippen MR) is 137 cm³/mol. The van der Waals surface area contributed by atoms with Gasteiger partial charge in [-0.15, -0.1) is 0 Å². The summed E-state index contributed by atoms with van der Waals surface area (Å²) in [5, 5.41) is 15.0. The van der Waals surface area contributed by atoms with Crippen molar-refractivity contribution in [3.63, 3.8) is 0 Å². The molecule has 0 fully saturated rings. The molecule has 0 aliphatic heterocycles. The van der Waals surface area contributed by atoms with Crippen molar-refractivity contribution in [2.45, 2.75) is 45.8 Å². The maximum atomic E-state index is 11.2. The summed E-state index contributed by atoms with van der Waals surface area (Å²) in [5.74, 6) is 0.779. The van der Waals surface area contributed by atoms with Crippen molar-refractivity contribution < 1.29 is 24.1 Å². The van der Waals surface area contributed by atoms with Gasteiger partial charge in [0.2, 0.25) is 5.88 Å². The van der Waals surface area contributed by atoms with Crippen molar-refractivity contribution in [1.29, 1.82) is 0 Å². The van der Waals surface area contributed by atoms with E-state index in [4.69, 9.17) is 19.3 Å². The normalized spacial score (nSPS) is 11.1. The van der Waals surface area contributed by atoms with Gasteiger partial charge in [-0.25, -0.2) is 9.67 Å². The van der Waals surface area contributed by atoms with Crippen LogP contribution in [0, 0.1) is 0 Å². The summed E-state index contributed by atoms with van der Waals surface area (Å²) < 4.78 is 19.3. The number of rotatable bonds is 12. The summed E-state index contributed by atoms with van der Waals surface area (Å²) in [6.07, 6.45) is 1.26. The van der Waals surface area contributed by atoms with Crippen LogP contribution in [0.5, 0.6) is 17.4 Å². The topological polar surface area (TPSA) is 95.7 Å². The van der Waals surface area contributed by atoms with E-state index in [2.05, 4.69) is 24.9 Å². The number of nitrogens with zero attached hydrogens (tertiary/aromatic N) is 3. The fourth-order valence-corrected chi connectivity index (χ4v) is 3.98. The number of benzene rings is 2. The third-order valence-corrected chi connectivity index (χ3v) is 5.71. The summed E-state index contributed by atoms with van der Waals surface area (Å²) in [7, 11) is 1.54. The van der Waals surface area contributed by atoms with Crippen LogP contribution < -0.4 is 14.2 Å². The molecule has 0 unspecified atom stereocenters. The van der Waals surface area contributed by atoms with Crippen LogP contribution in [0.15, 0.2) is 60.7 Å². The van der Waals surface area contributed by atoms with Gasteiger partial charge in [-0.3, -0.25) is 4.79 Å². The lowest BCUT2D eigenvalue weighted by Gasteiger charge is -2.14. The molecule has 0 aliphatic carbocycles. The van der Waals surface area contributed by atoms with Crippen LogP contribution in [0.2, 0.25) is 0 Å². The first kappa shape index (κ1) is 25.0. The van der Waals surface area contributed by atoms with Gasteiger partial charge in [-0.05, 0) is 44.9 Å². The number of pyridine rings is 1. The Labute approximate surface area is 210 Å². The maximum Gasteiger partial charge on any atom is 0.307 e. The second-order valence-electron chi connectivity index (χ2n) is 8.77. The van der Waals surface area contributed by atoms with Crippen molar-refractivity contribution in [3.8, 4) is 17.4 Å². The number of aromatic nitrogens is 3. The Balaban J connectivity index is 1.38. The number of carbonyl (C=O) groups is 1. The first-order valence-electron chi connectivity index (χ1n) is 12.0. The second kappa shape index (κ2) is 11.6. The third kappa shape index (κ3) is 6.13. The predicted octanol–water partition coefficient (Wildman–Crippen LogP) is 5.24. The zero-order valence-electron chi connectivity index (χ0n) is 20.8. The Morgan fingerprint density at radius 1 is 1.03 bits per heavy atom. The molecule has 188 valence electrons. The SMILES string of the molecule is COc1cccc(CC(=O)O)c1OCCCc1cc(OCc2ccc3ccccc3n2)n(C(C)C)n1. The lowest BCUT2D eigenvalue weighted by molar-refractivity contribution is -0.136. The van der Waals surface area contributed by atoms with E-state index >= 15 is 0 Å². The molecule has 2 heterocycles. The first-order chi connectivity index (χ1) is 17.4. The number of para-hydroxylation sites is 2. The van der Waals surface area contributed by atoms with Gasteiger partial charge in [0.15, 0.2) is 11.5 Å². The fraction of sp³-hybridized carbons (Fsp3) is 0.321. The summed E-state index contributed by atoms with van der Waals surface area (Å²) >= 11 is 0. The van der Waals surface area contributed by atoms with E-state index in [1.165, 1.54) is 0 Å². The van der Waals surface area contributed by atoms with E-state index in [1.54, 1.807) is 25.3 Å². The van der Waals surface area contributed by atoms with Gasteiger partial charge in [0.25, 0.3) is 0 Å². The van der Waals surface area contributed by atoms with Gasteiger partial charge in [-0.2, -0.15) is 5.10 Å². The molecule has 0 atom stereocenters.